The van der Waals surface area contributed by atoms with Crippen LogP contribution in [0.4, 0.5) is 18.9 Å². The van der Waals surface area contributed by atoms with Crippen molar-refractivity contribution in [2.45, 2.75) is 16.1 Å². The molecule has 7 heteroatoms. The fraction of sp³-hybridized carbons (Fsp3) is 0.154. The summed E-state index contributed by atoms with van der Waals surface area (Å²) >= 11 is 1.21. The van der Waals surface area contributed by atoms with Crippen LogP contribution in [-0.2, 0) is 6.18 Å². The van der Waals surface area contributed by atoms with Crippen molar-refractivity contribution in [3.8, 4) is 5.75 Å². The summed E-state index contributed by atoms with van der Waals surface area (Å²) in [5, 5.41) is 0.450. The van der Waals surface area contributed by atoms with Crippen molar-refractivity contribution in [2.24, 2.45) is 0 Å². The van der Waals surface area contributed by atoms with Gasteiger partial charge in [0.15, 0.2) is 0 Å². The highest BCUT2D eigenvalue weighted by Gasteiger charge is 2.30. The molecule has 0 spiro atoms. The topological polar surface area (TPSA) is 48.1 Å². The van der Waals surface area contributed by atoms with E-state index in [2.05, 4.69) is 4.98 Å². The molecule has 0 amide bonds. The molecule has 0 saturated carbocycles. The Hall–Kier alpha value is -1.89. The third-order valence-electron chi connectivity index (χ3n) is 2.42. The van der Waals surface area contributed by atoms with E-state index in [1.165, 1.54) is 24.9 Å². The number of nitrogens with zero attached hydrogens (tertiary/aromatic N) is 1. The molecule has 0 bridgehead atoms. The Labute approximate surface area is 118 Å². The van der Waals surface area contributed by atoms with Crippen LogP contribution < -0.4 is 10.5 Å². The van der Waals surface area contributed by atoms with E-state index in [4.69, 9.17) is 10.5 Å². The number of aromatic nitrogens is 1. The van der Waals surface area contributed by atoms with E-state index in [1.54, 1.807) is 18.2 Å². The maximum atomic E-state index is 12.4. The third-order valence-corrected chi connectivity index (χ3v) is 3.35. The lowest BCUT2D eigenvalue weighted by molar-refractivity contribution is -0.137. The zero-order valence-electron chi connectivity index (χ0n) is 10.4. The van der Waals surface area contributed by atoms with Crippen molar-refractivity contribution in [3.63, 3.8) is 0 Å². The molecular formula is C13H11F3N2OS. The molecule has 0 fully saturated rings. The van der Waals surface area contributed by atoms with Gasteiger partial charge in [0.2, 0.25) is 0 Å². The second-order valence-electron chi connectivity index (χ2n) is 3.93. The lowest BCUT2D eigenvalue weighted by atomic mass is 10.3. The number of hydrogen-bond donors (Lipinski definition) is 1. The van der Waals surface area contributed by atoms with Crippen molar-refractivity contribution in [1.29, 1.82) is 0 Å². The predicted molar refractivity (Wildman–Crippen MR) is 70.8 cm³/mol. The van der Waals surface area contributed by atoms with Gasteiger partial charge in [0.25, 0.3) is 0 Å². The smallest absolute Gasteiger partial charge is 0.417 e. The summed E-state index contributed by atoms with van der Waals surface area (Å²) in [6, 6.07) is 7.42. The molecule has 0 unspecified atom stereocenters. The van der Waals surface area contributed by atoms with E-state index >= 15 is 0 Å². The molecule has 0 radical (unpaired) electrons. The average Bonchev–Trinajstić information content (AvgIpc) is 2.37. The van der Waals surface area contributed by atoms with Crippen molar-refractivity contribution < 1.29 is 17.9 Å². The number of alkyl halides is 3. The van der Waals surface area contributed by atoms with Crippen LogP contribution in [0.1, 0.15) is 5.56 Å². The van der Waals surface area contributed by atoms with Crippen LogP contribution in [0.5, 0.6) is 5.75 Å². The Kier molecular flexibility index (Phi) is 4.08. The third kappa shape index (κ3) is 3.57. The molecule has 1 aromatic heterocycles. The Morgan fingerprint density at radius 3 is 2.50 bits per heavy atom. The van der Waals surface area contributed by atoms with E-state index in [1.807, 2.05) is 0 Å². The minimum absolute atomic E-state index is 0.450. The van der Waals surface area contributed by atoms with Crippen molar-refractivity contribution >= 4 is 17.4 Å². The number of hydrogen-bond acceptors (Lipinski definition) is 4. The molecule has 2 N–H and O–H groups in total. The Morgan fingerprint density at radius 1 is 1.20 bits per heavy atom. The van der Waals surface area contributed by atoms with Crippen LogP contribution in [0.15, 0.2) is 46.5 Å². The van der Waals surface area contributed by atoms with Crippen LogP contribution in [-0.4, -0.2) is 12.1 Å². The molecule has 0 aliphatic carbocycles. The number of benzene rings is 1. The maximum Gasteiger partial charge on any atom is 0.417 e. The molecule has 0 saturated heterocycles. The number of rotatable bonds is 3. The van der Waals surface area contributed by atoms with Gasteiger partial charge in [-0.15, -0.1) is 0 Å². The van der Waals surface area contributed by atoms with E-state index in [0.717, 1.165) is 17.2 Å². The quantitative estimate of drug-likeness (QED) is 0.875. The molecule has 0 aliphatic heterocycles. The summed E-state index contributed by atoms with van der Waals surface area (Å²) in [6.45, 7) is 0. The van der Waals surface area contributed by atoms with Crippen molar-refractivity contribution in [1.82, 2.24) is 4.98 Å². The second kappa shape index (κ2) is 5.62. The first kappa shape index (κ1) is 14.5. The molecule has 1 aromatic carbocycles. The number of nitrogen functional groups attached to an aromatic ring is 1. The molecule has 1 heterocycles. The number of anilines is 1. The molecule has 20 heavy (non-hydrogen) atoms. The number of ether oxygens (including phenoxy) is 1. The lowest BCUT2D eigenvalue weighted by Gasteiger charge is -2.08. The largest absolute Gasteiger partial charge is 0.497 e. The van der Waals surface area contributed by atoms with Gasteiger partial charge in [-0.25, -0.2) is 4.98 Å². The molecule has 0 aliphatic rings. The summed E-state index contributed by atoms with van der Waals surface area (Å²) in [5.74, 6) is 0.583. The highest BCUT2D eigenvalue weighted by Crippen LogP contribution is 2.33. The molecular weight excluding hydrogens is 289 g/mol. The Morgan fingerprint density at radius 2 is 1.95 bits per heavy atom. The van der Waals surface area contributed by atoms with Gasteiger partial charge in [-0.1, -0.05) is 11.8 Å². The second-order valence-corrected chi connectivity index (χ2v) is 5.02. The van der Waals surface area contributed by atoms with E-state index in [-0.39, 0.29) is 0 Å². The standard InChI is InChI=1S/C13H11F3N2OS/c1-19-10-4-9(17)5-11(6-10)20-12-3-2-8(7-18-12)13(14,15)16/h2-7H,17H2,1H3. The monoisotopic (exact) mass is 300 g/mol. The van der Waals surface area contributed by atoms with Crippen LogP contribution in [0.2, 0.25) is 0 Å². The lowest BCUT2D eigenvalue weighted by Crippen LogP contribution is -2.05. The number of methoxy groups -OCH3 is 1. The van der Waals surface area contributed by atoms with Crippen molar-refractivity contribution in [2.75, 3.05) is 12.8 Å². The molecule has 2 aromatic rings. The zero-order chi connectivity index (χ0) is 14.8. The Bertz CT molecular complexity index is 600. The number of halogens is 3. The number of pyridine rings is 1. The van der Waals surface area contributed by atoms with Gasteiger partial charge in [0.05, 0.1) is 12.7 Å². The maximum absolute atomic E-state index is 12.4. The summed E-state index contributed by atoms with van der Waals surface area (Å²) in [4.78, 5) is 4.53. The van der Waals surface area contributed by atoms with Gasteiger partial charge in [-0.05, 0) is 24.3 Å². The SMILES string of the molecule is COc1cc(N)cc(Sc2ccc(C(F)(F)F)cn2)c1. The highest BCUT2D eigenvalue weighted by molar-refractivity contribution is 7.99. The fourth-order valence-corrected chi connectivity index (χ4v) is 2.35. The van der Waals surface area contributed by atoms with Crippen LogP contribution in [0.25, 0.3) is 0 Å². The van der Waals surface area contributed by atoms with Crippen LogP contribution >= 0.6 is 11.8 Å². The molecule has 2 rings (SSSR count). The first-order valence-electron chi connectivity index (χ1n) is 5.54. The highest BCUT2D eigenvalue weighted by atomic mass is 32.2. The van der Waals surface area contributed by atoms with E-state index < -0.39 is 11.7 Å². The Balaban J connectivity index is 2.20. The number of nitrogens with two attached hydrogens (primary N) is 1. The molecule has 106 valence electrons. The summed E-state index contributed by atoms with van der Waals surface area (Å²) < 4.78 is 42.3. The minimum Gasteiger partial charge on any atom is -0.497 e. The predicted octanol–water partition coefficient (Wildman–Crippen LogP) is 3.84. The van der Waals surface area contributed by atoms with Gasteiger partial charge < -0.3 is 10.5 Å². The fourth-order valence-electron chi connectivity index (χ4n) is 1.50. The van der Waals surface area contributed by atoms with Gasteiger partial charge in [0.1, 0.15) is 10.8 Å². The summed E-state index contributed by atoms with van der Waals surface area (Å²) in [7, 11) is 1.51. The van der Waals surface area contributed by atoms with Gasteiger partial charge in [-0.3, -0.25) is 0 Å². The van der Waals surface area contributed by atoms with Gasteiger partial charge in [-0.2, -0.15) is 13.2 Å². The molecule has 0 atom stereocenters. The average molecular weight is 300 g/mol. The van der Waals surface area contributed by atoms with Gasteiger partial charge in [0, 0.05) is 22.8 Å². The van der Waals surface area contributed by atoms with Gasteiger partial charge >= 0.3 is 6.18 Å². The first-order chi connectivity index (χ1) is 9.38. The molecule has 3 nitrogen and oxygen atoms in total. The normalized spacial score (nSPS) is 11.4. The zero-order valence-corrected chi connectivity index (χ0v) is 11.3. The van der Waals surface area contributed by atoms with E-state index in [9.17, 15) is 13.2 Å². The summed E-state index contributed by atoms with van der Waals surface area (Å²) in [6.07, 6.45) is -3.57. The minimum atomic E-state index is -4.38. The van der Waals surface area contributed by atoms with Crippen LogP contribution in [0.3, 0.4) is 0 Å². The van der Waals surface area contributed by atoms with Crippen molar-refractivity contribution in [3.05, 3.63) is 42.1 Å². The van der Waals surface area contributed by atoms with Crippen LogP contribution in [0, 0.1) is 0 Å². The first-order valence-corrected chi connectivity index (χ1v) is 6.36. The van der Waals surface area contributed by atoms with E-state index in [0.29, 0.717) is 16.5 Å². The summed E-state index contributed by atoms with van der Waals surface area (Å²) in [5.41, 5.74) is 5.45.